The molecule has 3 rings (SSSR count). The van der Waals surface area contributed by atoms with Crippen molar-refractivity contribution >= 4 is 23.2 Å². The Hall–Kier alpha value is -2.93. The van der Waals surface area contributed by atoms with E-state index in [4.69, 9.17) is 0 Å². The lowest BCUT2D eigenvalue weighted by molar-refractivity contribution is -0.117. The number of hydrogen-bond donors (Lipinski definition) is 3. The molecule has 0 spiro atoms. The Balaban J connectivity index is 1.66. The van der Waals surface area contributed by atoms with Gasteiger partial charge in [-0.3, -0.25) is 9.59 Å². The van der Waals surface area contributed by atoms with E-state index in [1.54, 1.807) is 13.0 Å². The molecule has 27 heavy (non-hydrogen) atoms. The van der Waals surface area contributed by atoms with Crippen LogP contribution in [-0.2, 0) is 4.79 Å². The first-order chi connectivity index (χ1) is 13.1. The minimum atomic E-state index is -0.812. The maximum atomic E-state index is 13.7. The van der Waals surface area contributed by atoms with Gasteiger partial charge in [0.25, 0.3) is 5.91 Å². The zero-order valence-electron chi connectivity index (χ0n) is 15.2. The fraction of sp³-hybridized carbons (Fsp3) is 0.300. The molecule has 6 nitrogen and oxygen atoms in total. The minimum Gasteiger partial charge on any atom is -0.367 e. The average Bonchev–Trinajstić information content (AvgIpc) is 2.69. The maximum absolute atomic E-state index is 13.7. The van der Waals surface area contributed by atoms with E-state index in [-0.39, 0.29) is 11.5 Å². The van der Waals surface area contributed by atoms with Gasteiger partial charge < -0.3 is 20.9 Å². The van der Waals surface area contributed by atoms with Crippen LogP contribution in [0.5, 0.6) is 0 Å². The Morgan fingerprint density at radius 3 is 2.48 bits per heavy atom. The molecular weight excluding hydrogens is 347 g/mol. The SMILES string of the molecule is CC(NC(=O)c1ccccc1F)C(=O)Nc1ccccc1N1CCNCC1. The van der Waals surface area contributed by atoms with Gasteiger partial charge in [-0.2, -0.15) is 0 Å². The lowest BCUT2D eigenvalue weighted by Crippen LogP contribution is -2.44. The van der Waals surface area contributed by atoms with Gasteiger partial charge in [0, 0.05) is 26.2 Å². The lowest BCUT2D eigenvalue weighted by Gasteiger charge is -2.31. The van der Waals surface area contributed by atoms with Crippen molar-refractivity contribution in [3.63, 3.8) is 0 Å². The third kappa shape index (κ3) is 4.62. The Bertz CT molecular complexity index is 821. The van der Waals surface area contributed by atoms with Crippen LogP contribution in [0.4, 0.5) is 15.8 Å². The lowest BCUT2D eigenvalue weighted by atomic mass is 10.1. The van der Waals surface area contributed by atoms with Crippen molar-refractivity contribution < 1.29 is 14.0 Å². The summed E-state index contributed by atoms with van der Waals surface area (Å²) in [4.78, 5) is 27.0. The molecule has 0 radical (unpaired) electrons. The number of rotatable bonds is 5. The van der Waals surface area contributed by atoms with Gasteiger partial charge in [0.05, 0.1) is 16.9 Å². The molecule has 0 bridgehead atoms. The standard InChI is InChI=1S/C20H23FN4O2/c1-14(23-20(27)15-6-2-3-7-16(15)21)19(26)24-17-8-4-5-9-18(17)25-12-10-22-11-13-25/h2-9,14,22H,10-13H2,1H3,(H,23,27)(H,24,26). The minimum absolute atomic E-state index is 0.0848. The monoisotopic (exact) mass is 370 g/mol. The van der Waals surface area contributed by atoms with Crippen LogP contribution in [-0.4, -0.2) is 44.0 Å². The molecule has 1 saturated heterocycles. The van der Waals surface area contributed by atoms with Crippen molar-refractivity contribution in [3.8, 4) is 0 Å². The molecule has 1 atom stereocenters. The molecule has 2 amide bonds. The summed E-state index contributed by atoms with van der Waals surface area (Å²) in [5, 5.41) is 8.71. The van der Waals surface area contributed by atoms with Gasteiger partial charge in [-0.15, -0.1) is 0 Å². The summed E-state index contributed by atoms with van der Waals surface area (Å²) in [6.45, 7) is 5.05. The summed E-state index contributed by atoms with van der Waals surface area (Å²) < 4.78 is 13.7. The first kappa shape index (κ1) is 18.8. The van der Waals surface area contributed by atoms with Gasteiger partial charge in [-0.25, -0.2) is 4.39 Å². The van der Waals surface area contributed by atoms with E-state index < -0.39 is 17.8 Å². The maximum Gasteiger partial charge on any atom is 0.254 e. The van der Waals surface area contributed by atoms with Gasteiger partial charge >= 0.3 is 0 Å². The third-order valence-corrected chi connectivity index (χ3v) is 4.48. The van der Waals surface area contributed by atoms with Gasteiger partial charge in [-0.1, -0.05) is 24.3 Å². The summed E-state index contributed by atoms with van der Waals surface area (Å²) in [5.41, 5.74) is 1.55. The van der Waals surface area contributed by atoms with Crippen LogP contribution in [0, 0.1) is 5.82 Å². The van der Waals surface area contributed by atoms with Crippen LogP contribution < -0.4 is 20.9 Å². The molecule has 1 aliphatic heterocycles. The van der Waals surface area contributed by atoms with Crippen molar-refractivity contribution in [1.82, 2.24) is 10.6 Å². The molecule has 0 aliphatic carbocycles. The van der Waals surface area contributed by atoms with Crippen LogP contribution in [0.15, 0.2) is 48.5 Å². The predicted molar refractivity (Wildman–Crippen MR) is 103 cm³/mol. The number of para-hydroxylation sites is 2. The van der Waals surface area contributed by atoms with Crippen molar-refractivity contribution in [2.75, 3.05) is 36.4 Å². The number of carbonyl (C=O) groups is 2. The van der Waals surface area contributed by atoms with Crippen LogP contribution >= 0.6 is 0 Å². The first-order valence-electron chi connectivity index (χ1n) is 8.97. The molecule has 1 unspecified atom stereocenters. The normalized spacial score (nSPS) is 15.1. The number of halogens is 1. The zero-order chi connectivity index (χ0) is 19.2. The van der Waals surface area contributed by atoms with Gasteiger partial charge in [0.2, 0.25) is 5.91 Å². The highest BCUT2D eigenvalue weighted by molar-refractivity contribution is 6.02. The smallest absolute Gasteiger partial charge is 0.254 e. The second kappa shape index (κ2) is 8.64. The zero-order valence-corrected chi connectivity index (χ0v) is 15.2. The molecule has 2 aromatic carbocycles. The van der Waals surface area contributed by atoms with Crippen molar-refractivity contribution in [2.45, 2.75) is 13.0 Å². The average molecular weight is 370 g/mol. The Labute approximate surface area is 157 Å². The molecule has 0 saturated carbocycles. The van der Waals surface area contributed by atoms with Gasteiger partial charge in [-0.05, 0) is 31.2 Å². The number of carbonyl (C=O) groups excluding carboxylic acids is 2. The number of nitrogens with one attached hydrogen (secondary N) is 3. The number of hydrogen-bond acceptors (Lipinski definition) is 4. The summed E-state index contributed by atoms with van der Waals surface area (Å²) in [6, 6.07) is 12.4. The fourth-order valence-electron chi connectivity index (χ4n) is 2.99. The number of anilines is 2. The predicted octanol–water partition coefficient (Wildman–Crippen LogP) is 1.99. The highest BCUT2D eigenvalue weighted by Crippen LogP contribution is 2.26. The number of amides is 2. The molecular formula is C20H23FN4O2. The van der Waals surface area contributed by atoms with Crippen LogP contribution in [0.2, 0.25) is 0 Å². The van der Waals surface area contributed by atoms with E-state index >= 15 is 0 Å². The Morgan fingerprint density at radius 2 is 1.74 bits per heavy atom. The van der Waals surface area contributed by atoms with Gasteiger partial charge in [0.15, 0.2) is 0 Å². The Kier molecular flexibility index (Phi) is 6.03. The van der Waals surface area contributed by atoms with Crippen LogP contribution in [0.3, 0.4) is 0 Å². The molecule has 2 aromatic rings. The molecule has 1 heterocycles. The second-order valence-corrected chi connectivity index (χ2v) is 6.42. The van der Waals surface area contributed by atoms with Gasteiger partial charge in [0.1, 0.15) is 11.9 Å². The highest BCUT2D eigenvalue weighted by Gasteiger charge is 2.21. The highest BCUT2D eigenvalue weighted by atomic mass is 19.1. The molecule has 3 N–H and O–H groups in total. The molecule has 0 aromatic heterocycles. The van der Waals surface area contributed by atoms with Crippen molar-refractivity contribution in [1.29, 1.82) is 0 Å². The quantitative estimate of drug-likeness (QED) is 0.753. The van der Waals surface area contributed by atoms with Crippen LogP contribution in [0.1, 0.15) is 17.3 Å². The summed E-state index contributed by atoms with van der Waals surface area (Å²) in [6.07, 6.45) is 0. The molecule has 1 aliphatic rings. The van der Waals surface area contributed by atoms with E-state index in [1.165, 1.54) is 18.2 Å². The third-order valence-electron chi connectivity index (χ3n) is 4.48. The summed E-state index contributed by atoms with van der Waals surface area (Å²) >= 11 is 0. The Morgan fingerprint density at radius 1 is 1.07 bits per heavy atom. The molecule has 7 heteroatoms. The molecule has 1 fully saturated rings. The number of nitrogens with zero attached hydrogens (tertiary/aromatic N) is 1. The largest absolute Gasteiger partial charge is 0.367 e. The second-order valence-electron chi connectivity index (χ2n) is 6.42. The summed E-state index contributed by atoms with van der Waals surface area (Å²) in [5.74, 6) is -1.60. The van der Waals surface area contributed by atoms with E-state index in [9.17, 15) is 14.0 Å². The van der Waals surface area contributed by atoms with Crippen LogP contribution in [0.25, 0.3) is 0 Å². The number of piperazine rings is 1. The van der Waals surface area contributed by atoms with Crippen molar-refractivity contribution in [3.05, 3.63) is 59.9 Å². The van der Waals surface area contributed by atoms with E-state index in [2.05, 4.69) is 20.9 Å². The van der Waals surface area contributed by atoms with Crippen molar-refractivity contribution in [2.24, 2.45) is 0 Å². The topological polar surface area (TPSA) is 73.5 Å². The fourth-order valence-corrected chi connectivity index (χ4v) is 2.99. The van der Waals surface area contributed by atoms with E-state index in [0.29, 0.717) is 5.69 Å². The number of benzene rings is 2. The first-order valence-corrected chi connectivity index (χ1v) is 8.97. The van der Waals surface area contributed by atoms with E-state index in [1.807, 2.05) is 24.3 Å². The molecule has 142 valence electrons. The summed E-state index contributed by atoms with van der Waals surface area (Å²) in [7, 11) is 0. The van der Waals surface area contributed by atoms with E-state index in [0.717, 1.165) is 31.9 Å².